The van der Waals surface area contributed by atoms with Gasteiger partial charge < -0.3 is 9.29 Å². The number of benzene rings is 2. The zero-order valence-corrected chi connectivity index (χ0v) is 13.2. The summed E-state index contributed by atoms with van der Waals surface area (Å²) in [6, 6.07) is 8.66. The minimum Gasteiger partial charge on any atom is -0.457 e. The lowest BCUT2D eigenvalue weighted by Crippen LogP contribution is -2.03. The van der Waals surface area contributed by atoms with Gasteiger partial charge in [-0.2, -0.15) is 5.26 Å². The number of hydrogen-bond donors (Lipinski definition) is 1. The Morgan fingerprint density at radius 1 is 1.29 bits per heavy atom. The van der Waals surface area contributed by atoms with Crippen molar-refractivity contribution in [3.8, 4) is 17.6 Å². The Morgan fingerprint density at radius 3 is 2.79 bits per heavy atom. The topological polar surface area (TPSA) is 87.4 Å². The number of hydrogen-bond acceptors (Lipinski definition) is 4. The molecule has 0 aliphatic heterocycles. The molecule has 0 bridgehead atoms. The van der Waals surface area contributed by atoms with E-state index in [4.69, 9.17) is 14.6 Å². The third-order valence-electron chi connectivity index (χ3n) is 3.74. The molecule has 2 aromatic rings. The van der Waals surface area contributed by atoms with Crippen molar-refractivity contribution in [3.63, 3.8) is 0 Å². The number of rotatable bonds is 4. The molecule has 122 valence electrons. The highest BCUT2D eigenvalue weighted by Crippen LogP contribution is 2.36. The molecule has 0 radical (unpaired) electrons. The SMILES string of the molecule is N#Cc1cc(F)cc(Oc2ccc(CS(=O)O)c3c2CCC3=O)c1. The van der Waals surface area contributed by atoms with Gasteiger partial charge in [-0.05, 0) is 30.2 Å². The van der Waals surface area contributed by atoms with Crippen molar-refractivity contribution < 1.29 is 22.7 Å². The van der Waals surface area contributed by atoms with Gasteiger partial charge in [-0.1, -0.05) is 6.07 Å². The van der Waals surface area contributed by atoms with Crippen LogP contribution in [0.1, 0.15) is 33.5 Å². The Kier molecular flexibility index (Phi) is 4.42. The summed E-state index contributed by atoms with van der Waals surface area (Å²) in [6.45, 7) is 0. The van der Waals surface area contributed by atoms with Gasteiger partial charge in [0.1, 0.15) is 17.3 Å². The van der Waals surface area contributed by atoms with Crippen LogP contribution in [-0.4, -0.2) is 14.5 Å². The highest BCUT2D eigenvalue weighted by Gasteiger charge is 2.27. The van der Waals surface area contributed by atoms with Gasteiger partial charge in [-0.25, -0.2) is 8.60 Å². The molecule has 1 N–H and O–H groups in total. The van der Waals surface area contributed by atoms with Gasteiger partial charge >= 0.3 is 0 Å². The first kappa shape index (κ1) is 16.3. The Balaban J connectivity index is 2.02. The molecule has 5 nitrogen and oxygen atoms in total. The van der Waals surface area contributed by atoms with Crippen LogP contribution < -0.4 is 4.74 Å². The third kappa shape index (κ3) is 3.20. The van der Waals surface area contributed by atoms with Gasteiger partial charge in [0.2, 0.25) is 0 Å². The van der Waals surface area contributed by atoms with Crippen LogP contribution in [-0.2, 0) is 23.3 Å². The van der Waals surface area contributed by atoms with E-state index in [2.05, 4.69) is 0 Å². The smallest absolute Gasteiger partial charge is 0.163 e. The second-order valence-corrected chi connectivity index (χ2v) is 6.29. The number of carbonyl (C=O) groups excluding carboxylic acids is 1. The van der Waals surface area contributed by atoms with Crippen molar-refractivity contribution in [2.45, 2.75) is 18.6 Å². The van der Waals surface area contributed by atoms with Crippen LogP contribution in [0.2, 0.25) is 0 Å². The second-order valence-electron chi connectivity index (χ2n) is 5.35. The molecule has 24 heavy (non-hydrogen) atoms. The lowest BCUT2D eigenvalue weighted by atomic mass is 10.0. The van der Waals surface area contributed by atoms with Gasteiger partial charge in [-0.15, -0.1) is 0 Å². The molecule has 3 rings (SSSR count). The Hall–Kier alpha value is -2.56. The zero-order valence-electron chi connectivity index (χ0n) is 12.4. The first-order valence-corrected chi connectivity index (χ1v) is 8.39. The highest BCUT2D eigenvalue weighted by molar-refractivity contribution is 7.78. The van der Waals surface area contributed by atoms with Gasteiger partial charge in [0.25, 0.3) is 0 Å². The van der Waals surface area contributed by atoms with Crippen LogP contribution in [0.25, 0.3) is 0 Å². The molecule has 0 heterocycles. The van der Waals surface area contributed by atoms with Crippen LogP contribution in [0.15, 0.2) is 30.3 Å². The molecule has 0 fully saturated rings. The standard InChI is InChI=1S/C17H12FNO4S/c18-12-5-10(8-19)6-13(7-12)23-16-4-1-11(9-24(21)22)17-14(16)2-3-15(17)20/h1,4-7H,2-3,9H2,(H,21,22). The number of nitrogens with zero attached hydrogens (tertiary/aromatic N) is 1. The summed E-state index contributed by atoms with van der Waals surface area (Å²) in [4.78, 5) is 12.1. The molecule has 0 spiro atoms. The maximum absolute atomic E-state index is 13.5. The van der Waals surface area contributed by atoms with E-state index in [-0.39, 0.29) is 22.8 Å². The van der Waals surface area contributed by atoms with Gasteiger partial charge in [0, 0.05) is 23.6 Å². The average molecular weight is 345 g/mol. The van der Waals surface area contributed by atoms with E-state index in [0.29, 0.717) is 35.3 Å². The van der Waals surface area contributed by atoms with Crippen molar-refractivity contribution >= 4 is 16.9 Å². The molecule has 7 heteroatoms. The summed E-state index contributed by atoms with van der Waals surface area (Å²) in [5.74, 6) is -0.284. The quantitative estimate of drug-likeness (QED) is 0.859. The molecule has 2 aromatic carbocycles. The summed E-state index contributed by atoms with van der Waals surface area (Å²) >= 11 is -2.05. The Labute approximate surface area is 140 Å². The van der Waals surface area contributed by atoms with Gasteiger partial charge in [0.05, 0.1) is 17.4 Å². The summed E-state index contributed by atoms with van der Waals surface area (Å²) in [5.41, 5.74) is 1.68. The largest absolute Gasteiger partial charge is 0.457 e. The second kappa shape index (κ2) is 6.51. The molecule has 1 atom stereocenters. The predicted molar refractivity (Wildman–Crippen MR) is 84.8 cm³/mol. The monoisotopic (exact) mass is 345 g/mol. The summed E-state index contributed by atoms with van der Waals surface area (Å²) in [5, 5.41) is 8.89. The normalized spacial score (nSPS) is 14.1. The van der Waals surface area contributed by atoms with Crippen molar-refractivity contribution in [1.29, 1.82) is 5.26 Å². The molecule has 0 amide bonds. The molecule has 1 aliphatic rings. The zero-order chi connectivity index (χ0) is 17.3. The molecule has 1 aliphatic carbocycles. The molecule has 0 saturated carbocycles. The fourth-order valence-electron chi connectivity index (χ4n) is 2.80. The summed E-state index contributed by atoms with van der Waals surface area (Å²) < 4.78 is 39.3. The van der Waals surface area contributed by atoms with Crippen LogP contribution in [0.4, 0.5) is 4.39 Å². The fourth-order valence-corrected chi connectivity index (χ4v) is 3.31. The van der Waals surface area contributed by atoms with Gasteiger partial charge in [0.15, 0.2) is 16.9 Å². The summed E-state index contributed by atoms with van der Waals surface area (Å²) in [6.07, 6.45) is 0.753. The van der Waals surface area contributed by atoms with Crippen molar-refractivity contribution in [2.24, 2.45) is 0 Å². The van der Waals surface area contributed by atoms with E-state index < -0.39 is 16.9 Å². The van der Waals surface area contributed by atoms with Crippen LogP contribution in [0.5, 0.6) is 11.5 Å². The van der Waals surface area contributed by atoms with E-state index in [9.17, 15) is 13.4 Å². The van der Waals surface area contributed by atoms with E-state index in [0.717, 1.165) is 12.1 Å². The van der Waals surface area contributed by atoms with Crippen molar-refractivity contribution in [1.82, 2.24) is 0 Å². The number of carbonyl (C=O) groups is 1. The number of ether oxygens (including phenoxy) is 1. The van der Waals surface area contributed by atoms with Gasteiger partial charge in [-0.3, -0.25) is 4.79 Å². The van der Waals surface area contributed by atoms with Crippen molar-refractivity contribution in [2.75, 3.05) is 0 Å². The lowest BCUT2D eigenvalue weighted by Gasteiger charge is -2.13. The average Bonchev–Trinajstić information content (AvgIpc) is 2.91. The first-order valence-electron chi connectivity index (χ1n) is 7.12. The molecule has 0 saturated heterocycles. The summed E-state index contributed by atoms with van der Waals surface area (Å²) in [7, 11) is 0. The maximum atomic E-state index is 13.5. The van der Waals surface area contributed by atoms with Crippen LogP contribution in [0.3, 0.4) is 0 Å². The van der Waals surface area contributed by atoms with E-state index in [1.165, 1.54) is 6.07 Å². The lowest BCUT2D eigenvalue weighted by molar-refractivity contribution is 0.0994. The molecular formula is C17H12FNO4S. The highest BCUT2D eigenvalue weighted by atomic mass is 32.2. The van der Waals surface area contributed by atoms with Crippen molar-refractivity contribution in [3.05, 3.63) is 58.4 Å². The first-order chi connectivity index (χ1) is 11.5. The molecular weight excluding hydrogens is 333 g/mol. The van der Waals surface area contributed by atoms with E-state index in [1.807, 2.05) is 6.07 Å². The van der Waals surface area contributed by atoms with Crippen LogP contribution in [0, 0.1) is 17.1 Å². The predicted octanol–water partition coefficient (Wildman–Crippen LogP) is 3.34. The Morgan fingerprint density at radius 2 is 2.08 bits per heavy atom. The molecule has 0 aromatic heterocycles. The minimum atomic E-state index is -2.05. The number of halogens is 1. The van der Waals surface area contributed by atoms with E-state index in [1.54, 1.807) is 12.1 Å². The maximum Gasteiger partial charge on any atom is 0.163 e. The fraction of sp³-hybridized carbons (Fsp3) is 0.176. The minimum absolute atomic E-state index is 0.104. The third-order valence-corrected chi connectivity index (χ3v) is 4.30. The number of nitriles is 1. The van der Waals surface area contributed by atoms with E-state index >= 15 is 0 Å². The number of Topliss-reactive ketones (excluding diaryl/α,β-unsaturated/α-hetero) is 1. The number of fused-ring (bicyclic) bond motifs is 1. The van der Waals surface area contributed by atoms with Crippen LogP contribution >= 0.6 is 0 Å². The molecule has 1 unspecified atom stereocenters. The number of ketones is 1. The Bertz CT molecular complexity index is 904.